The van der Waals surface area contributed by atoms with Crippen molar-refractivity contribution < 1.29 is 19.1 Å². The van der Waals surface area contributed by atoms with Crippen LogP contribution in [0.3, 0.4) is 0 Å². The van der Waals surface area contributed by atoms with Crippen molar-refractivity contribution in [2.24, 2.45) is 0 Å². The van der Waals surface area contributed by atoms with E-state index in [1.807, 2.05) is 30.0 Å². The van der Waals surface area contributed by atoms with Crippen LogP contribution in [0.15, 0.2) is 43.0 Å². The number of anilines is 1. The number of aromatic amines is 1. The molecule has 15 heteroatoms. The number of carbonyl (C=O) groups excluding carboxylic acids is 2. The number of fused-ring (bicyclic) bond motifs is 1. The number of thiazole rings is 1. The van der Waals surface area contributed by atoms with Crippen molar-refractivity contribution in [1.29, 1.82) is 0 Å². The van der Waals surface area contributed by atoms with Crippen molar-refractivity contribution in [3.63, 3.8) is 0 Å². The summed E-state index contributed by atoms with van der Waals surface area (Å²) in [5.74, 6) is 0.270. The molecule has 0 aliphatic carbocycles. The number of hydrogen-bond donors (Lipinski definition) is 1. The van der Waals surface area contributed by atoms with Gasteiger partial charge in [0.05, 0.1) is 47.5 Å². The number of ether oxygens (including phenoxy) is 2. The number of aromatic nitrogens is 8. The molecular weight excluding hydrogens is 536 g/mol. The first-order valence-corrected chi connectivity index (χ1v) is 13.3. The molecule has 14 nitrogen and oxygen atoms in total. The Labute approximate surface area is 231 Å². The average molecular weight is 561 g/mol. The number of amides is 1. The average Bonchev–Trinajstić information content (AvgIpc) is 3.77. The summed E-state index contributed by atoms with van der Waals surface area (Å²) >= 11 is 1.34. The van der Waals surface area contributed by atoms with Crippen LogP contribution in [-0.2, 0) is 4.79 Å². The molecule has 0 bridgehead atoms. The molecule has 1 fully saturated rings. The van der Waals surface area contributed by atoms with Crippen LogP contribution >= 0.6 is 11.3 Å². The van der Waals surface area contributed by atoms with Gasteiger partial charge in [-0.3, -0.25) is 9.59 Å². The Kier molecular flexibility index (Phi) is 6.77. The molecule has 5 aromatic heterocycles. The second-order valence-electron chi connectivity index (χ2n) is 8.74. The van der Waals surface area contributed by atoms with E-state index in [9.17, 15) is 9.59 Å². The van der Waals surface area contributed by atoms with Crippen molar-refractivity contribution in [2.75, 3.05) is 44.8 Å². The number of rotatable bonds is 8. The zero-order valence-electron chi connectivity index (χ0n) is 21.6. The summed E-state index contributed by atoms with van der Waals surface area (Å²) in [5.41, 5.74) is 1.38. The van der Waals surface area contributed by atoms with Crippen LogP contribution in [0.25, 0.3) is 27.3 Å². The summed E-state index contributed by atoms with van der Waals surface area (Å²) in [7, 11) is 1.50. The van der Waals surface area contributed by atoms with Gasteiger partial charge >= 0.3 is 0 Å². The molecule has 1 N–H and O–H groups in total. The summed E-state index contributed by atoms with van der Waals surface area (Å²) in [6.07, 6.45) is 6.40. The Morgan fingerprint density at radius 3 is 2.70 bits per heavy atom. The molecule has 0 saturated carbocycles. The van der Waals surface area contributed by atoms with Gasteiger partial charge in [0, 0.05) is 38.6 Å². The highest BCUT2D eigenvalue weighted by atomic mass is 32.1. The topological polar surface area (TPSA) is 157 Å². The lowest BCUT2D eigenvalue weighted by molar-refractivity contribution is -0.126. The first-order chi connectivity index (χ1) is 19.6. The second-order valence-corrected chi connectivity index (χ2v) is 9.73. The van der Waals surface area contributed by atoms with Crippen molar-refractivity contribution in [3.8, 4) is 27.3 Å². The van der Waals surface area contributed by atoms with Gasteiger partial charge in [-0.1, -0.05) is 22.5 Å². The summed E-state index contributed by atoms with van der Waals surface area (Å²) in [4.78, 5) is 47.3. The maximum absolute atomic E-state index is 13.5. The third-order valence-electron chi connectivity index (χ3n) is 6.49. The van der Waals surface area contributed by atoms with Gasteiger partial charge < -0.3 is 24.3 Å². The fraction of sp³-hybridized carbons (Fsp3) is 0.280. The molecule has 6 rings (SSSR count). The van der Waals surface area contributed by atoms with Crippen molar-refractivity contribution in [3.05, 3.63) is 48.5 Å². The highest BCUT2D eigenvalue weighted by Gasteiger charge is 2.31. The number of ketones is 1. The van der Waals surface area contributed by atoms with Crippen molar-refractivity contribution >= 4 is 39.9 Å². The van der Waals surface area contributed by atoms with E-state index in [4.69, 9.17) is 9.47 Å². The Balaban J connectivity index is 1.22. The van der Waals surface area contributed by atoms with Crippen molar-refractivity contribution in [2.45, 2.75) is 6.92 Å². The second kappa shape index (κ2) is 10.7. The number of carbonyl (C=O) groups is 2. The molecule has 0 spiro atoms. The van der Waals surface area contributed by atoms with E-state index in [1.54, 1.807) is 22.0 Å². The minimum Gasteiger partial charge on any atom is -0.494 e. The smallest absolute Gasteiger partial charge is 0.295 e. The Morgan fingerprint density at radius 1 is 1.10 bits per heavy atom. The van der Waals surface area contributed by atoms with Gasteiger partial charge in [0.15, 0.2) is 5.82 Å². The highest BCUT2D eigenvalue weighted by molar-refractivity contribution is 7.16. The van der Waals surface area contributed by atoms with Crippen LogP contribution in [0.5, 0.6) is 10.9 Å². The van der Waals surface area contributed by atoms with E-state index in [2.05, 4.69) is 35.5 Å². The maximum Gasteiger partial charge on any atom is 0.295 e. The third-order valence-corrected chi connectivity index (χ3v) is 7.40. The monoisotopic (exact) mass is 560 g/mol. The fourth-order valence-corrected chi connectivity index (χ4v) is 5.40. The Hall–Kier alpha value is -4.92. The largest absolute Gasteiger partial charge is 0.494 e. The van der Waals surface area contributed by atoms with Crippen LogP contribution in [0.1, 0.15) is 17.3 Å². The highest BCUT2D eigenvalue weighted by Crippen LogP contribution is 2.38. The van der Waals surface area contributed by atoms with E-state index < -0.39 is 11.7 Å². The lowest BCUT2D eigenvalue weighted by Gasteiger charge is -2.34. The predicted octanol–water partition coefficient (Wildman–Crippen LogP) is 2.00. The lowest BCUT2D eigenvalue weighted by atomic mass is 10.1. The molecule has 5 aromatic rings. The first-order valence-electron chi connectivity index (χ1n) is 12.5. The quantitative estimate of drug-likeness (QED) is 0.219. The molecule has 204 valence electrons. The maximum atomic E-state index is 13.5. The standard InChI is InChI=1S/C25H24N10O4S/c1-3-39-25-29-14-17(40-25)20-21-19(16(38-2)13-28-20)15(12-27-21)22(36)23(37)33-8-10-34(11-9-33)24-30-31-32-35(24)18-6-4-5-7-26-18/h4-7,12-14,27H,3,8-11H2,1-2H3. The fourth-order valence-electron chi connectivity index (χ4n) is 4.57. The number of hydrogen-bond acceptors (Lipinski definition) is 12. The normalized spacial score (nSPS) is 13.6. The van der Waals surface area contributed by atoms with E-state index in [0.717, 1.165) is 4.88 Å². The van der Waals surface area contributed by atoms with Gasteiger partial charge in [0.25, 0.3) is 22.8 Å². The van der Waals surface area contributed by atoms with Gasteiger partial charge in [-0.05, 0) is 29.5 Å². The minimum atomic E-state index is -0.632. The summed E-state index contributed by atoms with van der Waals surface area (Å²) in [5, 5.41) is 13.0. The molecule has 1 aliphatic heterocycles. The van der Waals surface area contributed by atoms with Crippen molar-refractivity contribution in [1.82, 2.24) is 45.0 Å². The lowest BCUT2D eigenvalue weighted by Crippen LogP contribution is -2.51. The number of tetrazole rings is 1. The number of nitrogens with one attached hydrogen (secondary N) is 1. The van der Waals surface area contributed by atoms with E-state index >= 15 is 0 Å². The molecular formula is C25H24N10O4S. The van der Waals surface area contributed by atoms with E-state index in [-0.39, 0.29) is 5.56 Å². The minimum absolute atomic E-state index is 0.219. The summed E-state index contributed by atoms with van der Waals surface area (Å²) in [6, 6.07) is 5.47. The molecule has 0 unspecified atom stereocenters. The zero-order valence-corrected chi connectivity index (χ0v) is 22.5. The number of nitrogens with zero attached hydrogens (tertiary/aromatic N) is 9. The molecule has 0 aromatic carbocycles. The Bertz CT molecular complexity index is 1670. The third kappa shape index (κ3) is 4.49. The van der Waals surface area contributed by atoms with Crippen LogP contribution < -0.4 is 14.4 Å². The number of methoxy groups -OCH3 is 1. The zero-order chi connectivity index (χ0) is 27.6. The first kappa shape index (κ1) is 25.4. The van der Waals surface area contributed by atoms with E-state index in [0.29, 0.717) is 72.1 Å². The van der Waals surface area contributed by atoms with Crippen LogP contribution in [-0.4, -0.2) is 96.6 Å². The molecule has 1 amide bonds. The van der Waals surface area contributed by atoms with Gasteiger partial charge in [0.2, 0.25) is 0 Å². The van der Waals surface area contributed by atoms with Crippen LogP contribution in [0.4, 0.5) is 5.95 Å². The van der Waals surface area contributed by atoms with E-state index in [1.165, 1.54) is 30.8 Å². The molecule has 1 saturated heterocycles. The van der Waals surface area contributed by atoms with Crippen LogP contribution in [0.2, 0.25) is 0 Å². The van der Waals surface area contributed by atoms with Gasteiger partial charge in [-0.25, -0.2) is 15.0 Å². The molecule has 0 atom stereocenters. The summed E-state index contributed by atoms with van der Waals surface area (Å²) < 4.78 is 12.5. The van der Waals surface area contributed by atoms with Crippen LogP contribution in [0, 0.1) is 0 Å². The number of piperazine rings is 1. The number of pyridine rings is 2. The van der Waals surface area contributed by atoms with Gasteiger partial charge in [-0.2, -0.15) is 4.68 Å². The SMILES string of the molecule is CCOc1ncc(-c2ncc(OC)c3c(C(=O)C(=O)N4CCN(c5nnnn5-c5ccccn5)CC4)c[nH]c23)s1. The molecule has 0 radical (unpaired) electrons. The molecule has 6 heterocycles. The van der Waals surface area contributed by atoms with Gasteiger partial charge in [-0.15, -0.1) is 0 Å². The number of Topliss-reactive ketones (excluding diaryl/α,β-unsaturated/α-hetero) is 1. The number of H-pyrrole nitrogens is 1. The summed E-state index contributed by atoms with van der Waals surface area (Å²) in [6.45, 7) is 3.93. The van der Waals surface area contributed by atoms with Gasteiger partial charge in [0.1, 0.15) is 11.4 Å². The predicted molar refractivity (Wildman–Crippen MR) is 145 cm³/mol. The Morgan fingerprint density at radius 2 is 1.95 bits per heavy atom. The molecule has 40 heavy (non-hydrogen) atoms. The molecule has 1 aliphatic rings.